The number of carbonyl (C=O) groups is 2. The maximum Gasteiger partial charge on any atom is 0.304 e. The first kappa shape index (κ1) is 29.9. The van der Waals surface area contributed by atoms with Gasteiger partial charge in [-0.25, -0.2) is 4.31 Å². The minimum Gasteiger partial charge on any atom is -0.355 e. The molecule has 0 saturated heterocycles. The average molecular weight is 558 g/mol. The van der Waals surface area contributed by atoms with E-state index in [1.807, 2.05) is 19.1 Å². The van der Waals surface area contributed by atoms with Gasteiger partial charge in [0.15, 0.2) is 0 Å². The molecule has 8 nitrogen and oxygen atoms in total. The van der Waals surface area contributed by atoms with Crippen LogP contribution in [0, 0.1) is 13.8 Å². The first-order valence-corrected chi connectivity index (χ1v) is 13.8. The van der Waals surface area contributed by atoms with Gasteiger partial charge in [-0.2, -0.15) is 12.7 Å². The summed E-state index contributed by atoms with van der Waals surface area (Å²) in [5.74, 6) is -0.840. The second-order valence-corrected chi connectivity index (χ2v) is 11.6. The lowest BCUT2D eigenvalue weighted by atomic mass is 10.1. The molecule has 2 aromatic rings. The van der Waals surface area contributed by atoms with E-state index in [1.165, 1.54) is 19.0 Å². The Morgan fingerprint density at radius 3 is 2.22 bits per heavy atom. The number of rotatable bonds is 11. The van der Waals surface area contributed by atoms with Crippen molar-refractivity contribution >= 4 is 50.9 Å². The predicted octanol–water partition coefficient (Wildman–Crippen LogP) is 4.17. The SMILES string of the molecule is CCNC(=O)[C@@H](CC)N(Cc1ccc(Cl)c(Cl)c1)C(=O)CN(c1cc(C)ccc1C)S(=O)(=O)N(C)C. The van der Waals surface area contributed by atoms with Crippen LogP contribution in [0.4, 0.5) is 5.69 Å². The van der Waals surface area contributed by atoms with Gasteiger partial charge in [0.1, 0.15) is 12.6 Å². The first-order valence-electron chi connectivity index (χ1n) is 11.6. The van der Waals surface area contributed by atoms with Gasteiger partial charge in [-0.05, 0) is 62.1 Å². The quantitative estimate of drug-likeness (QED) is 0.449. The molecule has 0 saturated carbocycles. The minimum atomic E-state index is -4.03. The van der Waals surface area contributed by atoms with Gasteiger partial charge in [0.05, 0.1) is 15.7 Å². The lowest BCUT2D eigenvalue weighted by molar-refractivity contribution is -0.140. The zero-order chi connectivity index (χ0) is 27.2. The third-order valence-corrected chi connectivity index (χ3v) is 8.27. The van der Waals surface area contributed by atoms with Crippen molar-refractivity contribution in [3.05, 3.63) is 63.1 Å². The van der Waals surface area contributed by atoms with Gasteiger partial charge in [0.25, 0.3) is 0 Å². The van der Waals surface area contributed by atoms with Crippen LogP contribution in [0.25, 0.3) is 0 Å². The highest BCUT2D eigenvalue weighted by Gasteiger charge is 2.34. The third kappa shape index (κ3) is 7.12. The molecule has 2 rings (SSSR count). The van der Waals surface area contributed by atoms with E-state index in [0.29, 0.717) is 39.8 Å². The van der Waals surface area contributed by atoms with Crippen LogP contribution in [0.2, 0.25) is 10.0 Å². The number of nitrogens with one attached hydrogen (secondary N) is 1. The minimum absolute atomic E-state index is 0.0496. The van der Waals surface area contributed by atoms with Crippen molar-refractivity contribution in [2.75, 3.05) is 31.5 Å². The molecule has 0 radical (unpaired) electrons. The van der Waals surface area contributed by atoms with Crippen LogP contribution in [0.15, 0.2) is 36.4 Å². The third-order valence-electron chi connectivity index (χ3n) is 5.73. The molecule has 0 unspecified atom stereocenters. The number of halogens is 2. The molecule has 2 amide bonds. The second kappa shape index (κ2) is 12.8. The van der Waals surface area contributed by atoms with Gasteiger partial charge in [0, 0.05) is 27.2 Å². The Morgan fingerprint density at radius 2 is 1.67 bits per heavy atom. The Balaban J connectivity index is 2.57. The number of amides is 2. The maximum atomic E-state index is 13.8. The largest absolute Gasteiger partial charge is 0.355 e. The molecule has 1 N–H and O–H groups in total. The fourth-order valence-electron chi connectivity index (χ4n) is 3.74. The fourth-order valence-corrected chi connectivity index (χ4v) is 5.17. The van der Waals surface area contributed by atoms with E-state index < -0.39 is 28.7 Å². The number of likely N-dealkylation sites (N-methyl/N-ethyl adjacent to an activating group) is 1. The lowest BCUT2D eigenvalue weighted by Gasteiger charge is -2.34. The standard InChI is InChI=1S/C25H34Cl2N4O4S/c1-7-22(25(33)28-8-2)30(15-19-11-12-20(26)21(27)14-19)24(32)16-31(36(34,35)29(5)6)23-13-17(3)9-10-18(23)4/h9-14,22H,7-8,15-16H2,1-6H3,(H,28,33)/t22-/m1/s1. The summed E-state index contributed by atoms with van der Waals surface area (Å²) in [5, 5.41) is 3.46. The smallest absolute Gasteiger partial charge is 0.304 e. The van der Waals surface area contributed by atoms with Gasteiger partial charge in [-0.3, -0.25) is 9.59 Å². The Bertz CT molecular complexity index is 1200. The molecule has 0 aliphatic heterocycles. The van der Waals surface area contributed by atoms with E-state index in [-0.39, 0.29) is 12.5 Å². The summed E-state index contributed by atoms with van der Waals surface area (Å²) in [5.41, 5.74) is 2.61. The summed E-state index contributed by atoms with van der Waals surface area (Å²) >= 11 is 12.2. The molecule has 0 heterocycles. The summed E-state index contributed by atoms with van der Waals surface area (Å²) in [7, 11) is -1.20. The number of benzene rings is 2. The number of carbonyl (C=O) groups excluding carboxylic acids is 2. The normalized spacial score (nSPS) is 12.4. The molecule has 1 atom stereocenters. The van der Waals surface area contributed by atoms with Crippen LogP contribution in [-0.2, 0) is 26.3 Å². The molecule has 198 valence electrons. The van der Waals surface area contributed by atoms with Crippen LogP contribution in [-0.4, -0.2) is 62.7 Å². The number of hydrogen-bond acceptors (Lipinski definition) is 4. The lowest BCUT2D eigenvalue weighted by Crippen LogP contribution is -2.53. The van der Waals surface area contributed by atoms with Crippen LogP contribution in [0.1, 0.15) is 37.0 Å². The van der Waals surface area contributed by atoms with Crippen molar-refractivity contribution in [1.82, 2.24) is 14.5 Å². The highest BCUT2D eigenvalue weighted by molar-refractivity contribution is 7.90. The monoisotopic (exact) mass is 556 g/mol. The maximum absolute atomic E-state index is 13.8. The van der Waals surface area contributed by atoms with Gasteiger partial charge < -0.3 is 10.2 Å². The van der Waals surface area contributed by atoms with Crippen molar-refractivity contribution < 1.29 is 18.0 Å². The molecule has 0 fully saturated rings. The summed E-state index contributed by atoms with van der Waals surface area (Å²) < 4.78 is 28.8. The van der Waals surface area contributed by atoms with E-state index in [0.717, 1.165) is 14.2 Å². The van der Waals surface area contributed by atoms with E-state index in [9.17, 15) is 18.0 Å². The fraction of sp³-hybridized carbons (Fsp3) is 0.440. The van der Waals surface area contributed by atoms with Crippen LogP contribution < -0.4 is 9.62 Å². The van der Waals surface area contributed by atoms with E-state index in [2.05, 4.69) is 5.32 Å². The zero-order valence-corrected chi connectivity index (χ0v) is 23.8. The van der Waals surface area contributed by atoms with Gasteiger partial charge in [-0.1, -0.05) is 48.3 Å². The molecule has 0 aliphatic carbocycles. The van der Waals surface area contributed by atoms with Gasteiger partial charge in [0.2, 0.25) is 11.8 Å². The van der Waals surface area contributed by atoms with Crippen molar-refractivity contribution in [2.45, 2.75) is 46.7 Å². The van der Waals surface area contributed by atoms with Crippen LogP contribution in [0.5, 0.6) is 0 Å². The predicted molar refractivity (Wildman–Crippen MR) is 146 cm³/mol. The molecule has 0 spiro atoms. The van der Waals surface area contributed by atoms with E-state index >= 15 is 0 Å². The van der Waals surface area contributed by atoms with Gasteiger partial charge in [-0.15, -0.1) is 0 Å². The van der Waals surface area contributed by atoms with Crippen molar-refractivity contribution in [3.8, 4) is 0 Å². The van der Waals surface area contributed by atoms with Crippen molar-refractivity contribution in [2.24, 2.45) is 0 Å². The number of hydrogen-bond donors (Lipinski definition) is 1. The Kier molecular flexibility index (Phi) is 10.6. The topological polar surface area (TPSA) is 90.0 Å². The van der Waals surface area contributed by atoms with Crippen molar-refractivity contribution in [1.29, 1.82) is 0 Å². The van der Waals surface area contributed by atoms with Crippen LogP contribution in [0.3, 0.4) is 0 Å². The summed E-state index contributed by atoms with van der Waals surface area (Å²) in [6.07, 6.45) is 0.336. The Morgan fingerprint density at radius 1 is 1.00 bits per heavy atom. The number of aryl methyl sites for hydroxylation is 2. The van der Waals surface area contributed by atoms with Gasteiger partial charge >= 0.3 is 10.2 Å². The molecular formula is C25H34Cl2N4O4S. The number of nitrogens with zero attached hydrogens (tertiary/aromatic N) is 3. The molecule has 2 aromatic carbocycles. The molecule has 0 bridgehead atoms. The molecular weight excluding hydrogens is 523 g/mol. The summed E-state index contributed by atoms with van der Waals surface area (Å²) in [4.78, 5) is 28.1. The van der Waals surface area contributed by atoms with E-state index in [4.69, 9.17) is 23.2 Å². The summed E-state index contributed by atoms with van der Waals surface area (Å²) in [6, 6.07) is 9.58. The molecule has 36 heavy (non-hydrogen) atoms. The van der Waals surface area contributed by atoms with Crippen LogP contribution >= 0.6 is 23.2 Å². The highest BCUT2D eigenvalue weighted by atomic mass is 35.5. The van der Waals surface area contributed by atoms with Crippen molar-refractivity contribution in [3.63, 3.8) is 0 Å². The van der Waals surface area contributed by atoms with E-state index in [1.54, 1.807) is 45.0 Å². The average Bonchev–Trinajstić information content (AvgIpc) is 2.81. The number of anilines is 1. The molecule has 11 heteroatoms. The summed E-state index contributed by atoms with van der Waals surface area (Å²) in [6.45, 7) is 7.19. The molecule has 0 aliphatic rings. The molecule has 0 aromatic heterocycles. The Labute approximate surface area is 224 Å². The highest BCUT2D eigenvalue weighted by Crippen LogP contribution is 2.27. The first-order chi connectivity index (χ1) is 16.8. The Hall–Kier alpha value is -2.33. The second-order valence-electron chi connectivity index (χ2n) is 8.68. The zero-order valence-electron chi connectivity index (χ0n) is 21.5.